The Morgan fingerprint density at radius 2 is 1.89 bits per heavy atom. The van der Waals surface area contributed by atoms with E-state index in [0.717, 1.165) is 12.1 Å². The third-order valence-electron chi connectivity index (χ3n) is 2.11. The summed E-state index contributed by atoms with van der Waals surface area (Å²) in [6, 6.07) is 3.33. The minimum atomic E-state index is -1.33. The topological polar surface area (TPSA) is 133 Å². The first-order valence-electron chi connectivity index (χ1n) is 5.08. The highest BCUT2D eigenvalue weighted by Crippen LogP contribution is 2.22. The van der Waals surface area contributed by atoms with Crippen LogP contribution in [0.2, 0.25) is 0 Å². The first-order chi connectivity index (χ1) is 8.81. The number of carbonyl (C=O) groups excluding carboxylic acids is 1. The Kier molecular flexibility index (Phi) is 4.30. The second-order valence-electron chi connectivity index (χ2n) is 3.55. The van der Waals surface area contributed by atoms with Crippen molar-refractivity contribution in [2.75, 3.05) is 5.32 Å². The van der Waals surface area contributed by atoms with E-state index in [1.807, 2.05) is 0 Å². The van der Waals surface area contributed by atoms with Gasteiger partial charge in [0.05, 0.1) is 0 Å². The first kappa shape index (κ1) is 14.3. The number of aromatic carboxylic acids is 1. The smallest absolute Gasteiger partial charge is 0.412 e. The third kappa shape index (κ3) is 3.87. The van der Waals surface area contributed by atoms with Gasteiger partial charge in [0, 0.05) is 11.8 Å². The minimum absolute atomic E-state index is 0.0742. The predicted octanol–water partition coefficient (Wildman–Crippen LogP) is 1.11. The molecule has 1 aromatic rings. The Hall–Kier alpha value is -2.77. The summed E-state index contributed by atoms with van der Waals surface area (Å²) >= 11 is 0. The predicted molar refractivity (Wildman–Crippen MR) is 62.3 cm³/mol. The van der Waals surface area contributed by atoms with Gasteiger partial charge in [0.25, 0.3) is 0 Å². The summed E-state index contributed by atoms with van der Waals surface area (Å²) < 4.78 is 4.49. The molecule has 1 aromatic carbocycles. The van der Waals surface area contributed by atoms with Crippen LogP contribution in [0.15, 0.2) is 18.2 Å². The van der Waals surface area contributed by atoms with E-state index in [9.17, 15) is 19.5 Å². The van der Waals surface area contributed by atoms with Gasteiger partial charge in [0.2, 0.25) is 0 Å². The molecule has 0 radical (unpaired) electrons. The van der Waals surface area contributed by atoms with E-state index in [1.165, 1.54) is 13.0 Å². The fourth-order valence-corrected chi connectivity index (χ4v) is 1.15. The summed E-state index contributed by atoms with van der Waals surface area (Å²) in [4.78, 5) is 32.4. The van der Waals surface area contributed by atoms with Gasteiger partial charge in [-0.1, -0.05) is 0 Å². The average Bonchev–Trinajstić information content (AvgIpc) is 2.27. The number of carbonyl (C=O) groups is 3. The van der Waals surface area contributed by atoms with Gasteiger partial charge in [0.1, 0.15) is 11.3 Å². The zero-order valence-corrected chi connectivity index (χ0v) is 9.78. The molecule has 102 valence electrons. The van der Waals surface area contributed by atoms with E-state index in [1.54, 1.807) is 0 Å². The molecule has 0 aliphatic carbocycles. The maximum Gasteiger partial charge on any atom is 0.412 e. The van der Waals surface area contributed by atoms with Gasteiger partial charge in [-0.05, 0) is 19.1 Å². The van der Waals surface area contributed by atoms with Gasteiger partial charge < -0.3 is 20.1 Å². The Bertz CT molecular complexity index is 526. The number of benzene rings is 1. The summed E-state index contributed by atoms with van der Waals surface area (Å²) in [5.74, 6) is -3.15. The van der Waals surface area contributed by atoms with Crippen LogP contribution in [0.25, 0.3) is 0 Å². The summed E-state index contributed by atoms with van der Waals surface area (Å²) in [7, 11) is 0. The standard InChI is InChI=1S/C11H11NO7/c1-5(9(14)15)19-11(18)12-6-2-3-7(10(16)17)8(13)4-6/h2-5,13H,1H3,(H,12,18)(H,14,15)(H,16,17). The van der Waals surface area contributed by atoms with Gasteiger partial charge in [-0.15, -0.1) is 0 Å². The maximum atomic E-state index is 11.3. The molecule has 8 nitrogen and oxygen atoms in total. The minimum Gasteiger partial charge on any atom is -0.507 e. The van der Waals surface area contributed by atoms with E-state index in [-0.39, 0.29) is 11.3 Å². The molecule has 1 atom stereocenters. The molecule has 0 saturated carbocycles. The Morgan fingerprint density at radius 3 is 2.37 bits per heavy atom. The quantitative estimate of drug-likeness (QED) is 0.643. The van der Waals surface area contributed by atoms with Gasteiger partial charge in [-0.25, -0.2) is 14.4 Å². The number of nitrogens with one attached hydrogen (secondary N) is 1. The molecule has 0 aliphatic rings. The van der Waals surface area contributed by atoms with Crippen LogP contribution in [-0.2, 0) is 9.53 Å². The van der Waals surface area contributed by atoms with Crippen molar-refractivity contribution in [1.82, 2.24) is 0 Å². The number of amides is 1. The van der Waals surface area contributed by atoms with Crippen LogP contribution in [0, 0.1) is 0 Å². The fraction of sp³-hybridized carbons (Fsp3) is 0.182. The lowest BCUT2D eigenvalue weighted by Gasteiger charge is -2.10. The van der Waals surface area contributed by atoms with Crippen LogP contribution in [0.4, 0.5) is 10.5 Å². The van der Waals surface area contributed by atoms with Crippen molar-refractivity contribution in [2.45, 2.75) is 13.0 Å². The summed E-state index contributed by atoms with van der Waals surface area (Å²) in [5, 5.41) is 28.7. The number of aromatic hydroxyl groups is 1. The molecule has 0 heterocycles. The number of ether oxygens (including phenoxy) is 1. The van der Waals surface area contributed by atoms with Crippen molar-refractivity contribution in [3.63, 3.8) is 0 Å². The molecule has 0 spiro atoms. The van der Waals surface area contributed by atoms with E-state index < -0.39 is 29.9 Å². The lowest BCUT2D eigenvalue weighted by Crippen LogP contribution is -2.26. The van der Waals surface area contributed by atoms with Gasteiger partial charge in [-0.3, -0.25) is 5.32 Å². The van der Waals surface area contributed by atoms with E-state index in [2.05, 4.69) is 10.1 Å². The summed E-state index contributed by atoms with van der Waals surface area (Å²) in [6.07, 6.45) is -2.36. The Morgan fingerprint density at radius 1 is 1.26 bits per heavy atom. The molecule has 8 heteroatoms. The number of anilines is 1. The van der Waals surface area contributed by atoms with Crippen molar-refractivity contribution >= 4 is 23.7 Å². The lowest BCUT2D eigenvalue weighted by atomic mass is 10.2. The molecule has 1 unspecified atom stereocenters. The Balaban J connectivity index is 2.73. The molecule has 19 heavy (non-hydrogen) atoms. The van der Waals surface area contributed by atoms with Gasteiger partial charge in [0.15, 0.2) is 6.10 Å². The zero-order chi connectivity index (χ0) is 14.6. The monoisotopic (exact) mass is 269 g/mol. The van der Waals surface area contributed by atoms with Crippen LogP contribution >= 0.6 is 0 Å². The van der Waals surface area contributed by atoms with Crippen LogP contribution < -0.4 is 5.32 Å². The summed E-state index contributed by atoms with van der Waals surface area (Å²) in [5.41, 5.74) is -0.247. The van der Waals surface area contributed by atoms with E-state index >= 15 is 0 Å². The number of hydrogen-bond acceptors (Lipinski definition) is 5. The van der Waals surface area contributed by atoms with Crippen molar-refractivity contribution in [2.24, 2.45) is 0 Å². The van der Waals surface area contributed by atoms with Crippen molar-refractivity contribution in [3.8, 4) is 5.75 Å². The number of rotatable bonds is 4. The number of phenols is 1. The van der Waals surface area contributed by atoms with Crippen LogP contribution in [0.5, 0.6) is 5.75 Å². The fourth-order valence-electron chi connectivity index (χ4n) is 1.15. The molecule has 4 N–H and O–H groups in total. The van der Waals surface area contributed by atoms with E-state index in [4.69, 9.17) is 10.2 Å². The molecular weight excluding hydrogens is 258 g/mol. The molecule has 0 bridgehead atoms. The molecule has 0 aromatic heterocycles. The highest BCUT2D eigenvalue weighted by atomic mass is 16.6. The second-order valence-corrected chi connectivity index (χ2v) is 3.55. The Labute approximate surface area is 107 Å². The average molecular weight is 269 g/mol. The number of carboxylic acid groups (broad SMARTS) is 2. The number of aliphatic carboxylic acids is 1. The second kappa shape index (κ2) is 5.71. The zero-order valence-electron chi connectivity index (χ0n) is 9.78. The van der Waals surface area contributed by atoms with Gasteiger partial charge >= 0.3 is 18.0 Å². The maximum absolute atomic E-state index is 11.3. The lowest BCUT2D eigenvalue weighted by molar-refractivity contribution is -0.145. The van der Waals surface area contributed by atoms with Crippen LogP contribution in [0.3, 0.4) is 0 Å². The van der Waals surface area contributed by atoms with E-state index in [0.29, 0.717) is 0 Å². The van der Waals surface area contributed by atoms with Crippen molar-refractivity contribution < 1.29 is 34.4 Å². The summed E-state index contributed by atoms with van der Waals surface area (Å²) in [6.45, 7) is 1.17. The first-order valence-corrected chi connectivity index (χ1v) is 5.08. The number of hydrogen-bond donors (Lipinski definition) is 4. The molecule has 0 saturated heterocycles. The van der Waals surface area contributed by atoms with Crippen LogP contribution in [-0.4, -0.2) is 39.5 Å². The molecular formula is C11H11NO7. The normalized spacial score (nSPS) is 11.4. The highest BCUT2D eigenvalue weighted by molar-refractivity contribution is 5.93. The largest absolute Gasteiger partial charge is 0.507 e. The molecule has 0 aliphatic heterocycles. The van der Waals surface area contributed by atoms with Crippen molar-refractivity contribution in [1.29, 1.82) is 0 Å². The van der Waals surface area contributed by atoms with Crippen LogP contribution in [0.1, 0.15) is 17.3 Å². The molecule has 1 amide bonds. The third-order valence-corrected chi connectivity index (χ3v) is 2.11. The number of carboxylic acids is 2. The van der Waals surface area contributed by atoms with Gasteiger partial charge in [-0.2, -0.15) is 0 Å². The highest BCUT2D eigenvalue weighted by Gasteiger charge is 2.17. The SMILES string of the molecule is CC(OC(=O)Nc1ccc(C(=O)O)c(O)c1)C(=O)O. The molecule has 1 rings (SSSR count). The van der Waals surface area contributed by atoms with Crippen molar-refractivity contribution in [3.05, 3.63) is 23.8 Å². The molecule has 0 fully saturated rings.